The molecule has 0 saturated carbocycles. The maximum Gasteiger partial charge on any atom is 0.462 e. The molecule has 0 aliphatic heterocycles. The average Bonchev–Trinajstić information content (AvgIpc) is 2.49. The van der Waals surface area contributed by atoms with Crippen molar-refractivity contribution >= 4 is 29.4 Å². The van der Waals surface area contributed by atoms with Gasteiger partial charge in [0.1, 0.15) is 0 Å². The van der Waals surface area contributed by atoms with Crippen LogP contribution in [-0.2, 0) is 0 Å². The van der Waals surface area contributed by atoms with E-state index in [1.807, 2.05) is 6.92 Å². The summed E-state index contributed by atoms with van der Waals surface area (Å²) in [4.78, 5) is 0. The lowest BCUT2D eigenvalue weighted by Crippen LogP contribution is -2.58. The minimum atomic E-state index is -6.46. The van der Waals surface area contributed by atoms with Crippen LogP contribution in [0.5, 0.6) is 5.75 Å². The van der Waals surface area contributed by atoms with Gasteiger partial charge >= 0.3 is 18.1 Å². The van der Waals surface area contributed by atoms with E-state index in [1.54, 1.807) is 6.92 Å². The van der Waals surface area contributed by atoms with Crippen LogP contribution >= 0.6 is 23.2 Å². The molecule has 0 aliphatic carbocycles. The van der Waals surface area contributed by atoms with Crippen LogP contribution in [0, 0.1) is 0 Å². The van der Waals surface area contributed by atoms with Crippen molar-refractivity contribution in [2.24, 2.45) is 5.10 Å². The van der Waals surface area contributed by atoms with Gasteiger partial charge in [0.15, 0.2) is 5.75 Å². The lowest BCUT2D eigenvalue weighted by atomic mass is 10.2. The van der Waals surface area contributed by atoms with Crippen LogP contribution in [0.1, 0.15) is 25.8 Å². The molecule has 148 valence electrons. The fourth-order valence-corrected chi connectivity index (χ4v) is 2.08. The zero-order valence-electron chi connectivity index (χ0n) is 13.3. The van der Waals surface area contributed by atoms with Gasteiger partial charge in [0.2, 0.25) is 0 Å². The Labute approximate surface area is 154 Å². The molecule has 0 aliphatic rings. The molecule has 0 radical (unpaired) electrons. The summed E-state index contributed by atoms with van der Waals surface area (Å²) in [6, 6.07) is -3.33. The van der Waals surface area contributed by atoms with Crippen LogP contribution in [0.3, 0.4) is 0 Å². The fraction of sp³-hybridized carbons (Fsp3) is 0.500. The Morgan fingerprint density at radius 2 is 1.62 bits per heavy atom. The summed E-state index contributed by atoms with van der Waals surface area (Å²) in [6.07, 6.45) is -5.48. The lowest BCUT2D eigenvalue weighted by molar-refractivity contribution is -0.361. The highest BCUT2D eigenvalue weighted by Gasteiger charge is 2.73. The molecule has 12 heteroatoms. The number of hydrogen-bond donors (Lipinski definition) is 1. The number of hydrazone groups is 1. The number of alkyl halides is 7. The number of nitrogens with one attached hydrogen (secondary N) is 1. The first kappa shape index (κ1) is 22.6. The molecule has 0 fully saturated rings. The number of benzene rings is 1. The van der Waals surface area contributed by atoms with Crippen molar-refractivity contribution in [3.63, 3.8) is 0 Å². The van der Waals surface area contributed by atoms with Crippen molar-refractivity contribution in [3.05, 3.63) is 27.7 Å². The quantitative estimate of drug-likeness (QED) is 0.254. The van der Waals surface area contributed by atoms with Gasteiger partial charge in [-0.25, -0.2) is 5.43 Å². The summed E-state index contributed by atoms with van der Waals surface area (Å²) in [5, 5.41) is 2.68. The third-order valence-electron chi connectivity index (χ3n) is 3.08. The Morgan fingerprint density at radius 3 is 2.04 bits per heavy atom. The van der Waals surface area contributed by atoms with Gasteiger partial charge in [-0.3, -0.25) is 0 Å². The van der Waals surface area contributed by atoms with Crippen molar-refractivity contribution in [1.29, 1.82) is 0 Å². The van der Waals surface area contributed by atoms with E-state index in [-0.39, 0.29) is 27.5 Å². The molecule has 1 aromatic carbocycles. The van der Waals surface area contributed by atoms with E-state index < -0.39 is 18.1 Å². The maximum atomic E-state index is 13.0. The first-order chi connectivity index (χ1) is 11.7. The fourth-order valence-electron chi connectivity index (χ4n) is 1.49. The second kappa shape index (κ2) is 8.08. The third kappa shape index (κ3) is 5.06. The number of halogens is 9. The lowest BCUT2D eigenvalue weighted by Gasteiger charge is -2.27. The Morgan fingerprint density at radius 1 is 1.12 bits per heavy atom. The van der Waals surface area contributed by atoms with Gasteiger partial charge in [-0.05, 0) is 31.0 Å². The number of hydrogen-bond acceptors (Lipinski definition) is 3. The molecule has 0 saturated heterocycles. The summed E-state index contributed by atoms with van der Waals surface area (Å²) < 4.78 is 92.9. The standard InChI is InChI=1S/C14H13Cl2F7N2O/c1-3-7(2)26-11-9(15)4-8(5-10(11)16)6-24-25-14(22,23)12(17,18)13(19,20)21/h4-7,25H,3H2,1-2H3/b24-6+/t7-/m1/s1. The molecule has 0 bridgehead atoms. The highest BCUT2D eigenvalue weighted by molar-refractivity contribution is 6.37. The van der Waals surface area contributed by atoms with Gasteiger partial charge in [0.25, 0.3) is 0 Å². The zero-order chi connectivity index (χ0) is 20.3. The molecule has 0 amide bonds. The van der Waals surface area contributed by atoms with E-state index in [0.29, 0.717) is 18.1 Å². The van der Waals surface area contributed by atoms with E-state index in [4.69, 9.17) is 27.9 Å². The monoisotopic (exact) mass is 428 g/mol. The first-order valence-electron chi connectivity index (χ1n) is 7.01. The summed E-state index contributed by atoms with van der Waals surface area (Å²) in [5.74, 6) is -6.21. The molecular formula is C14H13Cl2F7N2O. The number of nitrogens with zero attached hydrogens (tertiary/aromatic N) is 1. The molecule has 1 rings (SSSR count). The average molecular weight is 429 g/mol. The first-order valence-corrected chi connectivity index (χ1v) is 7.76. The molecule has 0 spiro atoms. The number of ether oxygens (including phenoxy) is 1. The van der Waals surface area contributed by atoms with Crippen LogP contribution in [-0.4, -0.2) is 30.5 Å². The van der Waals surface area contributed by atoms with Crippen molar-refractivity contribution in [1.82, 2.24) is 5.43 Å². The predicted octanol–water partition coefficient (Wildman–Crippen LogP) is 5.88. The molecule has 0 aromatic heterocycles. The molecule has 1 aromatic rings. The second-order valence-corrected chi connectivity index (χ2v) is 5.98. The van der Waals surface area contributed by atoms with Crippen LogP contribution < -0.4 is 10.2 Å². The van der Waals surface area contributed by atoms with Crippen molar-refractivity contribution in [3.8, 4) is 5.75 Å². The van der Waals surface area contributed by atoms with Crippen molar-refractivity contribution in [2.45, 2.75) is 44.5 Å². The molecule has 1 atom stereocenters. The Hall–Kier alpha value is -1.42. The minimum absolute atomic E-state index is 0.0216. The minimum Gasteiger partial charge on any atom is -0.488 e. The van der Waals surface area contributed by atoms with E-state index in [9.17, 15) is 30.7 Å². The molecule has 3 nitrogen and oxygen atoms in total. The van der Waals surface area contributed by atoms with Crippen molar-refractivity contribution in [2.75, 3.05) is 0 Å². The predicted molar refractivity (Wildman–Crippen MR) is 83.5 cm³/mol. The van der Waals surface area contributed by atoms with Gasteiger partial charge in [0.05, 0.1) is 22.4 Å². The highest BCUT2D eigenvalue weighted by atomic mass is 35.5. The van der Waals surface area contributed by atoms with Gasteiger partial charge in [-0.2, -0.15) is 35.8 Å². The van der Waals surface area contributed by atoms with E-state index in [1.165, 1.54) is 0 Å². The van der Waals surface area contributed by atoms with Gasteiger partial charge in [-0.15, -0.1) is 0 Å². The molecule has 26 heavy (non-hydrogen) atoms. The molecule has 1 N–H and O–H groups in total. The molecular weight excluding hydrogens is 416 g/mol. The molecule has 0 heterocycles. The number of rotatable bonds is 7. The third-order valence-corrected chi connectivity index (χ3v) is 3.65. The topological polar surface area (TPSA) is 33.6 Å². The van der Waals surface area contributed by atoms with E-state index in [0.717, 1.165) is 12.1 Å². The van der Waals surface area contributed by atoms with Crippen LogP contribution in [0.2, 0.25) is 10.0 Å². The summed E-state index contributed by atoms with van der Waals surface area (Å²) in [5.41, 5.74) is 0.466. The van der Waals surface area contributed by atoms with E-state index in [2.05, 4.69) is 5.10 Å². The summed E-state index contributed by atoms with van der Waals surface area (Å²) in [7, 11) is 0. The highest BCUT2D eigenvalue weighted by Crippen LogP contribution is 2.45. The van der Waals surface area contributed by atoms with Crippen molar-refractivity contribution < 1.29 is 35.5 Å². The van der Waals surface area contributed by atoms with Crippen LogP contribution in [0.4, 0.5) is 30.7 Å². The zero-order valence-corrected chi connectivity index (χ0v) is 14.8. The summed E-state index contributed by atoms with van der Waals surface area (Å²) in [6.45, 7) is 3.59. The largest absolute Gasteiger partial charge is 0.488 e. The van der Waals surface area contributed by atoms with Crippen LogP contribution in [0.25, 0.3) is 0 Å². The summed E-state index contributed by atoms with van der Waals surface area (Å²) >= 11 is 11.9. The van der Waals surface area contributed by atoms with Gasteiger partial charge in [0, 0.05) is 0 Å². The van der Waals surface area contributed by atoms with Gasteiger partial charge < -0.3 is 4.74 Å². The van der Waals surface area contributed by atoms with E-state index >= 15 is 0 Å². The Bertz CT molecular complexity index is 642. The second-order valence-electron chi connectivity index (χ2n) is 5.17. The Balaban J connectivity index is 2.96. The molecule has 0 unspecified atom stereocenters. The smallest absolute Gasteiger partial charge is 0.462 e. The van der Waals surface area contributed by atoms with Gasteiger partial charge in [-0.1, -0.05) is 30.1 Å². The SMILES string of the molecule is CC[C@@H](C)Oc1c(Cl)cc(/C=N/NC(F)(F)C(F)(F)C(F)(F)F)cc1Cl. The Kier molecular flexibility index (Phi) is 7.03. The van der Waals surface area contributed by atoms with Crippen LogP contribution in [0.15, 0.2) is 17.2 Å². The maximum absolute atomic E-state index is 13.0. The normalized spacial score (nSPS) is 14.6.